The number of ether oxygens (including phenoxy) is 1. The highest BCUT2D eigenvalue weighted by Crippen LogP contribution is 2.21. The Labute approximate surface area is 112 Å². The summed E-state index contributed by atoms with van der Waals surface area (Å²) >= 11 is 0. The molecule has 100 valence electrons. The largest absolute Gasteiger partial charge is 0.487 e. The van der Waals surface area contributed by atoms with Crippen LogP contribution < -0.4 is 10.5 Å². The minimum Gasteiger partial charge on any atom is -0.487 e. The summed E-state index contributed by atoms with van der Waals surface area (Å²) in [4.78, 5) is 4.22. The van der Waals surface area contributed by atoms with E-state index >= 15 is 0 Å². The van der Waals surface area contributed by atoms with Crippen LogP contribution >= 0.6 is 0 Å². The van der Waals surface area contributed by atoms with Crippen molar-refractivity contribution in [2.75, 3.05) is 0 Å². The molecule has 0 unspecified atom stereocenters. The SMILES string of the molecule is Cc1cccnc1COc1ccc([C@@H](C)N)c(F)c1. The van der Waals surface area contributed by atoms with Gasteiger partial charge in [0.15, 0.2) is 0 Å². The van der Waals surface area contributed by atoms with Crippen LogP contribution in [0.15, 0.2) is 36.5 Å². The topological polar surface area (TPSA) is 48.1 Å². The summed E-state index contributed by atoms with van der Waals surface area (Å²) in [6, 6.07) is 8.24. The summed E-state index contributed by atoms with van der Waals surface area (Å²) < 4.78 is 19.3. The maximum Gasteiger partial charge on any atom is 0.131 e. The van der Waals surface area contributed by atoms with Crippen molar-refractivity contribution in [2.24, 2.45) is 5.73 Å². The first-order valence-electron chi connectivity index (χ1n) is 6.16. The van der Waals surface area contributed by atoms with Gasteiger partial charge in [-0.25, -0.2) is 4.39 Å². The van der Waals surface area contributed by atoms with Gasteiger partial charge in [0.2, 0.25) is 0 Å². The Hall–Kier alpha value is -1.94. The van der Waals surface area contributed by atoms with Crippen molar-refractivity contribution < 1.29 is 9.13 Å². The lowest BCUT2D eigenvalue weighted by molar-refractivity contribution is 0.298. The molecule has 2 aromatic rings. The third-order valence-electron chi connectivity index (χ3n) is 2.96. The third kappa shape index (κ3) is 3.29. The quantitative estimate of drug-likeness (QED) is 0.918. The maximum atomic E-state index is 13.7. The molecule has 0 aliphatic carbocycles. The normalized spacial score (nSPS) is 12.2. The Bertz CT molecular complexity index is 570. The molecule has 0 amide bonds. The highest BCUT2D eigenvalue weighted by atomic mass is 19.1. The van der Waals surface area contributed by atoms with Crippen molar-refractivity contribution in [1.82, 2.24) is 4.98 Å². The lowest BCUT2D eigenvalue weighted by atomic mass is 10.1. The molecule has 0 fully saturated rings. The predicted molar refractivity (Wildman–Crippen MR) is 72.3 cm³/mol. The Morgan fingerprint density at radius 1 is 1.37 bits per heavy atom. The van der Waals surface area contributed by atoms with Gasteiger partial charge in [-0.05, 0) is 31.5 Å². The summed E-state index contributed by atoms with van der Waals surface area (Å²) in [6.07, 6.45) is 1.71. The molecule has 19 heavy (non-hydrogen) atoms. The van der Waals surface area contributed by atoms with Crippen LogP contribution in [0.1, 0.15) is 29.8 Å². The first kappa shape index (κ1) is 13.5. The van der Waals surface area contributed by atoms with Gasteiger partial charge in [-0.15, -0.1) is 0 Å². The van der Waals surface area contributed by atoms with Crippen molar-refractivity contribution in [2.45, 2.75) is 26.5 Å². The van der Waals surface area contributed by atoms with Crippen molar-refractivity contribution in [3.8, 4) is 5.75 Å². The van der Waals surface area contributed by atoms with E-state index < -0.39 is 0 Å². The molecule has 1 heterocycles. The molecule has 0 radical (unpaired) electrons. The smallest absolute Gasteiger partial charge is 0.131 e. The van der Waals surface area contributed by atoms with Gasteiger partial charge in [-0.2, -0.15) is 0 Å². The minimum absolute atomic E-state index is 0.323. The van der Waals surface area contributed by atoms with Crippen molar-refractivity contribution >= 4 is 0 Å². The summed E-state index contributed by atoms with van der Waals surface area (Å²) in [5.41, 5.74) is 8.04. The predicted octanol–water partition coefficient (Wildman–Crippen LogP) is 3.13. The minimum atomic E-state index is -0.342. The van der Waals surface area contributed by atoms with E-state index in [-0.39, 0.29) is 11.9 Å². The van der Waals surface area contributed by atoms with E-state index in [1.165, 1.54) is 6.07 Å². The number of hydrogen-bond acceptors (Lipinski definition) is 3. The second-order valence-electron chi connectivity index (χ2n) is 4.53. The molecule has 2 N–H and O–H groups in total. The molecule has 0 bridgehead atoms. The molecule has 1 aromatic carbocycles. The highest BCUT2D eigenvalue weighted by molar-refractivity contribution is 5.30. The van der Waals surface area contributed by atoms with Crippen molar-refractivity contribution in [3.05, 3.63) is 59.2 Å². The summed E-state index contributed by atoms with van der Waals surface area (Å²) in [5.74, 6) is 0.136. The maximum absolute atomic E-state index is 13.7. The lowest BCUT2D eigenvalue weighted by Crippen LogP contribution is -2.07. The van der Waals surface area contributed by atoms with E-state index in [4.69, 9.17) is 10.5 Å². The zero-order valence-electron chi connectivity index (χ0n) is 11.1. The van der Waals surface area contributed by atoms with Crippen molar-refractivity contribution in [1.29, 1.82) is 0 Å². The Kier molecular flexibility index (Phi) is 4.12. The number of nitrogens with zero attached hydrogens (tertiary/aromatic N) is 1. The Morgan fingerprint density at radius 2 is 2.16 bits per heavy atom. The van der Waals surface area contributed by atoms with Gasteiger partial charge in [-0.1, -0.05) is 12.1 Å². The monoisotopic (exact) mass is 260 g/mol. The van der Waals surface area contributed by atoms with E-state index in [0.29, 0.717) is 17.9 Å². The second-order valence-corrected chi connectivity index (χ2v) is 4.53. The van der Waals surface area contributed by atoms with Crippen LogP contribution in [0.2, 0.25) is 0 Å². The van der Waals surface area contributed by atoms with Gasteiger partial charge < -0.3 is 10.5 Å². The van der Waals surface area contributed by atoms with Gasteiger partial charge in [0.05, 0.1) is 5.69 Å². The molecular formula is C15H17FN2O. The molecule has 3 nitrogen and oxygen atoms in total. The summed E-state index contributed by atoms with van der Waals surface area (Å²) in [6.45, 7) is 4.03. The molecule has 4 heteroatoms. The third-order valence-corrected chi connectivity index (χ3v) is 2.96. The van der Waals surface area contributed by atoms with Gasteiger partial charge in [-0.3, -0.25) is 4.98 Å². The molecule has 0 saturated heterocycles. The fraction of sp³-hybridized carbons (Fsp3) is 0.267. The average molecular weight is 260 g/mol. The van der Waals surface area contributed by atoms with E-state index in [1.807, 2.05) is 19.1 Å². The fourth-order valence-electron chi connectivity index (χ4n) is 1.79. The summed E-state index contributed by atoms with van der Waals surface area (Å²) in [7, 11) is 0. The van der Waals surface area contributed by atoms with Gasteiger partial charge in [0.1, 0.15) is 18.2 Å². The number of hydrogen-bond donors (Lipinski definition) is 1. The molecule has 1 atom stereocenters. The van der Waals surface area contributed by atoms with Crippen LogP contribution in [0.4, 0.5) is 4.39 Å². The van der Waals surface area contributed by atoms with Crippen LogP contribution in [0, 0.1) is 12.7 Å². The van der Waals surface area contributed by atoms with Gasteiger partial charge in [0.25, 0.3) is 0 Å². The van der Waals surface area contributed by atoms with Gasteiger partial charge in [0, 0.05) is 23.9 Å². The lowest BCUT2D eigenvalue weighted by Gasteiger charge is -2.11. The molecule has 0 aliphatic rings. The zero-order chi connectivity index (χ0) is 13.8. The summed E-state index contributed by atoms with van der Waals surface area (Å²) in [5, 5.41) is 0. The first-order chi connectivity index (χ1) is 9.08. The fourth-order valence-corrected chi connectivity index (χ4v) is 1.79. The van der Waals surface area contributed by atoms with E-state index in [1.54, 1.807) is 25.3 Å². The number of pyridine rings is 1. The molecule has 1 aromatic heterocycles. The van der Waals surface area contributed by atoms with Crippen LogP contribution in [0.3, 0.4) is 0 Å². The number of aryl methyl sites for hydroxylation is 1. The van der Waals surface area contributed by atoms with E-state index in [9.17, 15) is 4.39 Å². The van der Waals surface area contributed by atoms with Crippen LogP contribution in [0.25, 0.3) is 0 Å². The molecule has 2 rings (SSSR count). The molecule has 0 spiro atoms. The number of halogens is 1. The van der Waals surface area contributed by atoms with Crippen molar-refractivity contribution in [3.63, 3.8) is 0 Å². The molecule has 0 aliphatic heterocycles. The van der Waals surface area contributed by atoms with Gasteiger partial charge >= 0.3 is 0 Å². The molecule has 0 saturated carbocycles. The molecular weight excluding hydrogens is 243 g/mol. The number of benzene rings is 1. The number of nitrogens with two attached hydrogens (primary N) is 1. The first-order valence-corrected chi connectivity index (χ1v) is 6.16. The number of rotatable bonds is 4. The highest BCUT2D eigenvalue weighted by Gasteiger charge is 2.08. The van der Waals surface area contributed by atoms with Crippen LogP contribution in [-0.4, -0.2) is 4.98 Å². The number of aromatic nitrogens is 1. The Balaban J connectivity index is 2.08. The Morgan fingerprint density at radius 3 is 2.79 bits per heavy atom. The zero-order valence-corrected chi connectivity index (χ0v) is 11.1. The second kappa shape index (κ2) is 5.80. The van der Waals surface area contributed by atoms with E-state index in [0.717, 1.165) is 11.3 Å². The van der Waals surface area contributed by atoms with Crippen LogP contribution in [-0.2, 0) is 6.61 Å². The van der Waals surface area contributed by atoms with E-state index in [2.05, 4.69) is 4.98 Å². The van der Waals surface area contributed by atoms with Crippen LogP contribution in [0.5, 0.6) is 5.75 Å². The average Bonchev–Trinajstić information content (AvgIpc) is 2.37. The standard InChI is InChI=1S/C15H17FN2O/c1-10-4-3-7-18-15(10)9-19-12-5-6-13(11(2)17)14(16)8-12/h3-8,11H,9,17H2,1-2H3/t11-/m1/s1.